The molecule has 0 amide bonds. The molecule has 0 bridgehead atoms. The van der Waals surface area contributed by atoms with Crippen LogP contribution in [0.4, 0.5) is 0 Å². The Hall–Kier alpha value is -0.150. The molecule has 0 aromatic heterocycles. The summed E-state index contributed by atoms with van der Waals surface area (Å²) in [6, 6.07) is 0. The third-order valence-electron chi connectivity index (χ3n) is 1.95. The Bertz CT molecular complexity index is 303. The van der Waals surface area contributed by atoms with Crippen LogP contribution in [0, 0.1) is 0 Å². The van der Waals surface area contributed by atoms with Gasteiger partial charge in [0.15, 0.2) is 0 Å². The smallest absolute Gasteiger partial charge is 0.128 e. The van der Waals surface area contributed by atoms with E-state index in [9.17, 15) is 0 Å². The fourth-order valence-corrected chi connectivity index (χ4v) is 2.63. The van der Waals surface area contributed by atoms with Crippen LogP contribution in [-0.2, 0) is 4.74 Å². The zero-order chi connectivity index (χ0) is 11.3. The van der Waals surface area contributed by atoms with Gasteiger partial charge in [-0.2, -0.15) is 0 Å². The highest BCUT2D eigenvalue weighted by atomic mass is 79.9. The maximum atomic E-state index is 5.40. The van der Waals surface area contributed by atoms with Crippen molar-refractivity contribution < 1.29 is 4.74 Å². The fourth-order valence-electron chi connectivity index (χ4n) is 1.31. The summed E-state index contributed by atoms with van der Waals surface area (Å²) in [5.41, 5.74) is 0. The van der Waals surface area contributed by atoms with Crippen LogP contribution in [0.3, 0.4) is 0 Å². The molecule has 0 aromatic rings. The average molecular weight is 289 g/mol. The van der Waals surface area contributed by atoms with Crippen molar-refractivity contribution in [2.45, 2.75) is 31.9 Å². The molecule has 0 unspecified atom stereocenters. The molecule has 1 nitrogen and oxygen atoms in total. The molecule has 1 aliphatic rings. The first-order valence-corrected chi connectivity index (χ1v) is 6.76. The molecule has 0 spiro atoms. The van der Waals surface area contributed by atoms with Crippen molar-refractivity contribution in [3.05, 3.63) is 33.4 Å². The molecule has 0 N–H and O–H groups in total. The van der Waals surface area contributed by atoms with E-state index in [1.807, 2.05) is 11.8 Å². The molecule has 84 valence electrons. The van der Waals surface area contributed by atoms with Crippen LogP contribution < -0.4 is 0 Å². The van der Waals surface area contributed by atoms with Crippen molar-refractivity contribution in [3.8, 4) is 0 Å². The van der Waals surface area contributed by atoms with Crippen LogP contribution in [0.2, 0.25) is 0 Å². The van der Waals surface area contributed by atoms with Crippen LogP contribution in [0.1, 0.15) is 26.7 Å². The first-order valence-electron chi connectivity index (χ1n) is 5.09. The molecule has 0 heterocycles. The summed E-state index contributed by atoms with van der Waals surface area (Å²) >= 11 is 5.40. The Kier molecular flexibility index (Phi) is 5.54. The molecule has 0 radical (unpaired) electrons. The van der Waals surface area contributed by atoms with E-state index < -0.39 is 0 Å². The molecule has 0 saturated carbocycles. The summed E-state index contributed by atoms with van der Waals surface area (Å²) in [6.45, 7) is 4.39. The van der Waals surface area contributed by atoms with Gasteiger partial charge in [0.25, 0.3) is 0 Å². The minimum Gasteiger partial charge on any atom is -0.496 e. The van der Waals surface area contributed by atoms with E-state index in [-0.39, 0.29) is 0 Å². The molecule has 0 aromatic carbocycles. The second kappa shape index (κ2) is 6.44. The standard InChI is InChI=1S/C12H17BrOS/c1-9(2)15-12-8-7-10(13)5-4-6-11(12)14-3/h5-6,8-9H,4,7H2,1-3H3/b10-5+,11-6?,12-8?. The van der Waals surface area contributed by atoms with Gasteiger partial charge in [-0.3, -0.25) is 0 Å². The quantitative estimate of drug-likeness (QED) is 0.750. The molecule has 0 saturated heterocycles. The molecule has 1 aliphatic carbocycles. The van der Waals surface area contributed by atoms with Gasteiger partial charge in [0, 0.05) is 10.2 Å². The SMILES string of the molecule is COC1=CC/C=C(/Br)CC=C1SC(C)C. The van der Waals surface area contributed by atoms with E-state index in [1.165, 1.54) is 9.39 Å². The monoisotopic (exact) mass is 288 g/mol. The van der Waals surface area contributed by atoms with Gasteiger partial charge in [0.05, 0.1) is 7.11 Å². The number of ether oxygens (including phenoxy) is 1. The number of methoxy groups -OCH3 is 1. The largest absolute Gasteiger partial charge is 0.496 e. The van der Waals surface area contributed by atoms with E-state index in [2.05, 4.69) is 48.0 Å². The molecule has 0 atom stereocenters. The summed E-state index contributed by atoms with van der Waals surface area (Å²) in [5.74, 6) is 1.00. The lowest BCUT2D eigenvalue weighted by Gasteiger charge is -2.14. The Morgan fingerprint density at radius 1 is 1.33 bits per heavy atom. The number of hydrogen-bond donors (Lipinski definition) is 0. The summed E-state index contributed by atoms with van der Waals surface area (Å²) in [6.07, 6.45) is 8.41. The molecule has 3 heteroatoms. The molecule has 1 rings (SSSR count). The third-order valence-corrected chi connectivity index (χ3v) is 3.69. The lowest BCUT2D eigenvalue weighted by Crippen LogP contribution is -1.96. The van der Waals surface area contributed by atoms with Crippen molar-refractivity contribution in [2.75, 3.05) is 7.11 Å². The fraction of sp³-hybridized carbons (Fsp3) is 0.500. The highest BCUT2D eigenvalue weighted by molar-refractivity contribution is 9.11. The van der Waals surface area contributed by atoms with Gasteiger partial charge < -0.3 is 4.74 Å². The van der Waals surface area contributed by atoms with Crippen LogP contribution in [-0.4, -0.2) is 12.4 Å². The Labute approximate surface area is 105 Å². The summed E-state index contributed by atoms with van der Waals surface area (Å²) in [7, 11) is 1.74. The predicted molar refractivity (Wildman–Crippen MR) is 72.1 cm³/mol. The molecule has 15 heavy (non-hydrogen) atoms. The van der Waals surface area contributed by atoms with Gasteiger partial charge in [0.1, 0.15) is 5.76 Å². The predicted octanol–water partition coefficient (Wildman–Crippen LogP) is 4.61. The number of halogens is 1. The lowest BCUT2D eigenvalue weighted by atomic mass is 10.2. The van der Waals surface area contributed by atoms with Gasteiger partial charge in [-0.25, -0.2) is 0 Å². The Morgan fingerprint density at radius 2 is 2.07 bits per heavy atom. The second-order valence-electron chi connectivity index (χ2n) is 3.60. The van der Waals surface area contributed by atoms with Crippen LogP contribution in [0.5, 0.6) is 0 Å². The first kappa shape index (κ1) is 12.9. The third kappa shape index (κ3) is 4.47. The van der Waals surface area contributed by atoms with Gasteiger partial charge >= 0.3 is 0 Å². The van der Waals surface area contributed by atoms with Crippen molar-refractivity contribution in [3.63, 3.8) is 0 Å². The minimum absolute atomic E-state index is 0.581. The van der Waals surface area contributed by atoms with Gasteiger partial charge in [-0.1, -0.05) is 41.9 Å². The van der Waals surface area contributed by atoms with Crippen molar-refractivity contribution in [1.29, 1.82) is 0 Å². The molecule has 0 fully saturated rings. The maximum Gasteiger partial charge on any atom is 0.128 e. The van der Waals surface area contributed by atoms with Gasteiger partial charge in [-0.15, -0.1) is 11.8 Å². The number of allylic oxidation sites excluding steroid dienone is 4. The Balaban J connectivity index is 2.86. The molecular formula is C12H17BrOS. The summed E-state index contributed by atoms with van der Waals surface area (Å²) in [5, 5.41) is 0.581. The van der Waals surface area contributed by atoms with E-state index in [4.69, 9.17) is 4.74 Å². The summed E-state index contributed by atoms with van der Waals surface area (Å²) in [4.78, 5) is 1.25. The van der Waals surface area contributed by atoms with Crippen molar-refractivity contribution >= 4 is 27.7 Å². The lowest BCUT2D eigenvalue weighted by molar-refractivity contribution is 0.303. The minimum atomic E-state index is 0.581. The Morgan fingerprint density at radius 3 is 2.67 bits per heavy atom. The van der Waals surface area contributed by atoms with Gasteiger partial charge in [0.2, 0.25) is 0 Å². The first-order chi connectivity index (χ1) is 7.13. The van der Waals surface area contributed by atoms with E-state index >= 15 is 0 Å². The number of thioether (sulfide) groups is 1. The van der Waals surface area contributed by atoms with E-state index in [1.54, 1.807) is 7.11 Å². The van der Waals surface area contributed by atoms with Crippen molar-refractivity contribution in [2.24, 2.45) is 0 Å². The molecule has 0 aliphatic heterocycles. The average Bonchev–Trinajstić information content (AvgIpc) is 2.16. The summed E-state index contributed by atoms with van der Waals surface area (Å²) < 4.78 is 6.65. The zero-order valence-corrected chi connectivity index (χ0v) is 11.8. The van der Waals surface area contributed by atoms with Gasteiger partial charge in [-0.05, 0) is 23.4 Å². The van der Waals surface area contributed by atoms with Crippen molar-refractivity contribution in [1.82, 2.24) is 0 Å². The molecular weight excluding hydrogens is 272 g/mol. The van der Waals surface area contributed by atoms with Crippen LogP contribution in [0.25, 0.3) is 0 Å². The van der Waals surface area contributed by atoms with E-state index in [0.717, 1.165) is 18.6 Å². The van der Waals surface area contributed by atoms with E-state index in [0.29, 0.717) is 5.25 Å². The zero-order valence-electron chi connectivity index (χ0n) is 9.42. The number of rotatable bonds is 3. The van der Waals surface area contributed by atoms with Crippen LogP contribution in [0.15, 0.2) is 33.4 Å². The highest BCUT2D eigenvalue weighted by Crippen LogP contribution is 2.31. The van der Waals surface area contributed by atoms with Crippen LogP contribution >= 0.6 is 27.7 Å². The maximum absolute atomic E-state index is 5.40. The number of hydrogen-bond acceptors (Lipinski definition) is 2. The highest BCUT2D eigenvalue weighted by Gasteiger charge is 2.10. The second-order valence-corrected chi connectivity index (χ2v) is 6.24. The topological polar surface area (TPSA) is 9.23 Å². The normalized spacial score (nSPS) is 21.0.